The molecule has 120 valence electrons. The number of carbonyl (C=O) groups excluding carboxylic acids is 2. The maximum absolute atomic E-state index is 12.5. The Morgan fingerprint density at radius 3 is 2.32 bits per heavy atom. The van der Waals surface area contributed by atoms with Crippen molar-refractivity contribution in [2.75, 3.05) is 11.9 Å². The number of nitrogens with zero attached hydrogens (tertiary/aromatic N) is 1. The third-order valence-corrected chi connectivity index (χ3v) is 4.02. The number of rotatable bonds is 2. The molecule has 0 bridgehead atoms. The lowest BCUT2D eigenvalue weighted by Gasteiger charge is -2.30. The van der Waals surface area contributed by atoms with E-state index >= 15 is 0 Å². The number of nitrogens with one attached hydrogen (secondary N) is 1. The van der Waals surface area contributed by atoms with Gasteiger partial charge in [0.05, 0.1) is 0 Å². The molecule has 0 radical (unpaired) electrons. The Balaban J connectivity index is 2.13. The SMILES string of the molecule is CC(C)(C)C(=O)N1CCCC1C(=O)Nc1cc(Cl)cc(Cl)c1. The molecule has 1 heterocycles. The van der Waals surface area contributed by atoms with Crippen LogP contribution >= 0.6 is 23.2 Å². The number of likely N-dealkylation sites (tertiary alicyclic amines) is 1. The van der Waals surface area contributed by atoms with E-state index < -0.39 is 11.5 Å². The molecule has 1 aliphatic heterocycles. The molecule has 1 atom stereocenters. The van der Waals surface area contributed by atoms with Crippen molar-refractivity contribution >= 4 is 40.7 Å². The van der Waals surface area contributed by atoms with Crippen LogP contribution in [-0.4, -0.2) is 29.3 Å². The van der Waals surface area contributed by atoms with Gasteiger partial charge in [-0.25, -0.2) is 0 Å². The monoisotopic (exact) mass is 342 g/mol. The zero-order valence-corrected chi connectivity index (χ0v) is 14.5. The molecule has 1 aromatic rings. The van der Waals surface area contributed by atoms with E-state index in [9.17, 15) is 9.59 Å². The van der Waals surface area contributed by atoms with E-state index in [4.69, 9.17) is 23.2 Å². The van der Waals surface area contributed by atoms with Crippen LogP contribution < -0.4 is 5.32 Å². The Morgan fingerprint density at radius 1 is 1.18 bits per heavy atom. The molecule has 0 saturated carbocycles. The predicted molar refractivity (Wildman–Crippen MR) is 89.3 cm³/mol. The zero-order valence-electron chi connectivity index (χ0n) is 13.0. The molecule has 1 saturated heterocycles. The number of amides is 2. The van der Waals surface area contributed by atoms with E-state index in [1.165, 1.54) is 0 Å². The Morgan fingerprint density at radius 2 is 1.77 bits per heavy atom. The Labute approximate surface area is 140 Å². The second-order valence-corrected chi connectivity index (χ2v) is 7.43. The molecule has 1 aromatic carbocycles. The van der Waals surface area contributed by atoms with Crippen LogP contribution in [0.2, 0.25) is 10.0 Å². The van der Waals surface area contributed by atoms with Crippen LogP contribution in [-0.2, 0) is 9.59 Å². The molecule has 1 aliphatic rings. The molecule has 0 aromatic heterocycles. The summed E-state index contributed by atoms with van der Waals surface area (Å²) in [5.41, 5.74) is 0.0416. The number of benzene rings is 1. The normalized spacial score (nSPS) is 18.4. The van der Waals surface area contributed by atoms with E-state index in [0.717, 1.165) is 6.42 Å². The summed E-state index contributed by atoms with van der Waals surface area (Å²) < 4.78 is 0. The van der Waals surface area contributed by atoms with Gasteiger partial charge in [-0.3, -0.25) is 9.59 Å². The van der Waals surface area contributed by atoms with Gasteiger partial charge in [-0.05, 0) is 31.0 Å². The average molecular weight is 343 g/mol. The summed E-state index contributed by atoms with van der Waals surface area (Å²) in [5.74, 6) is -0.206. The summed E-state index contributed by atoms with van der Waals surface area (Å²) in [6, 6.07) is 4.43. The van der Waals surface area contributed by atoms with Crippen LogP contribution in [0.25, 0.3) is 0 Å². The van der Waals surface area contributed by atoms with Crippen LogP contribution in [0.15, 0.2) is 18.2 Å². The van der Waals surface area contributed by atoms with Crippen molar-refractivity contribution in [3.8, 4) is 0 Å². The van der Waals surface area contributed by atoms with Crippen LogP contribution in [0, 0.1) is 5.41 Å². The van der Waals surface area contributed by atoms with Gasteiger partial charge in [-0.2, -0.15) is 0 Å². The Kier molecular flexibility index (Phi) is 5.03. The lowest BCUT2D eigenvalue weighted by molar-refractivity contribution is -0.143. The highest BCUT2D eigenvalue weighted by Crippen LogP contribution is 2.27. The minimum atomic E-state index is -0.498. The summed E-state index contributed by atoms with van der Waals surface area (Å²) in [6.45, 7) is 6.20. The van der Waals surface area contributed by atoms with E-state index in [2.05, 4.69) is 5.32 Å². The van der Waals surface area contributed by atoms with Crippen LogP contribution in [0.4, 0.5) is 5.69 Å². The highest BCUT2D eigenvalue weighted by Gasteiger charge is 2.38. The van der Waals surface area contributed by atoms with Gasteiger partial charge in [0.2, 0.25) is 11.8 Å². The summed E-state index contributed by atoms with van der Waals surface area (Å²) in [5, 5.41) is 3.71. The van der Waals surface area contributed by atoms with E-state index in [1.807, 2.05) is 20.8 Å². The summed E-state index contributed by atoms with van der Waals surface area (Å²) in [6.07, 6.45) is 1.50. The topological polar surface area (TPSA) is 49.4 Å². The minimum Gasteiger partial charge on any atom is -0.330 e. The number of halogens is 2. The smallest absolute Gasteiger partial charge is 0.247 e. The first-order valence-electron chi connectivity index (χ1n) is 7.26. The number of hydrogen-bond acceptors (Lipinski definition) is 2. The molecule has 2 rings (SSSR count). The molecule has 22 heavy (non-hydrogen) atoms. The average Bonchev–Trinajstić information content (AvgIpc) is 2.84. The van der Waals surface area contributed by atoms with Gasteiger partial charge in [0.1, 0.15) is 6.04 Å². The van der Waals surface area contributed by atoms with E-state index in [0.29, 0.717) is 28.7 Å². The fourth-order valence-corrected chi connectivity index (χ4v) is 3.09. The quantitative estimate of drug-likeness (QED) is 0.883. The molecule has 2 amide bonds. The molecule has 1 N–H and O–H groups in total. The van der Waals surface area contributed by atoms with Crippen molar-refractivity contribution in [1.82, 2.24) is 4.90 Å². The molecule has 0 aliphatic carbocycles. The van der Waals surface area contributed by atoms with Crippen molar-refractivity contribution in [3.63, 3.8) is 0 Å². The van der Waals surface area contributed by atoms with Gasteiger partial charge in [-0.15, -0.1) is 0 Å². The lowest BCUT2D eigenvalue weighted by Crippen LogP contribution is -2.47. The molecular formula is C16H20Cl2N2O2. The van der Waals surface area contributed by atoms with Gasteiger partial charge in [0, 0.05) is 27.7 Å². The van der Waals surface area contributed by atoms with Crippen molar-refractivity contribution in [2.24, 2.45) is 5.41 Å². The second-order valence-electron chi connectivity index (χ2n) is 6.55. The molecule has 0 spiro atoms. The maximum atomic E-state index is 12.5. The Bertz CT molecular complexity index is 576. The summed E-state index contributed by atoms with van der Waals surface area (Å²) in [4.78, 5) is 26.6. The van der Waals surface area contributed by atoms with E-state index in [-0.39, 0.29) is 11.8 Å². The fourth-order valence-electron chi connectivity index (χ4n) is 2.56. The predicted octanol–water partition coefficient (Wildman–Crippen LogP) is 3.97. The highest BCUT2D eigenvalue weighted by atomic mass is 35.5. The molecule has 1 fully saturated rings. The first-order chi connectivity index (χ1) is 10.2. The van der Waals surface area contributed by atoms with Gasteiger partial charge in [-0.1, -0.05) is 44.0 Å². The number of hydrogen-bond donors (Lipinski definition) is 1. The third kappa shape index (κ3) is 3.93. The van der Waals surface area contributed by atoms with Crippen molar-refractivity contribution in [3.05, 3.63) is 28.2 Å². The summed E-state index contributed by atoms with van der Waals surface area (Å²) in [7, 11) is 0. The van der Waals surface area contributed by atoms with Gasteiger partial charge in [0.25, 0.3) is 0 Å². The highest BCUT2D eigenvalue weighted by molar-refractivity contribution is 6.35. The molecular weight excluding hydrogens is 323 g/mol. The van der Waals surface area contributed by atoms with Crippen LogP contribution in [0.3, 0.4) is 0 Å². The van der Waals surface area contributed by atoms with Crippen LogP contribution in [0.5, 0.6) is 0 Å². The zero-order chi connectivity index (χ0) is 16.5. The second kappa shape index (κ2) is 6.47. The third-order valence-electron chi connectivity index (χ3n) is 3.59. The lowest BCUT2D eigenvalue weighted by atomic mass is 9.94. The van der Waals surface area contributed by atoms with E-state index in [1.54, 1.807) is 23.1 Å². The minimum absolute atomic E-state index is 0.00530. The number of anilines is 1. The fraction of sp³-hybridized carbons (Fsp3) is 0.500. The standard InChI is InChI=1S/C16H20Cl2N2O2/c1-16(2,3)15(22)20-6-4-5-13(20)14(21)19-12-8-10(17)7-11(18)9-12/h7-9,13H,4-6H2,1-3H3,(H,19,21). The largest absolute Gasteiger partial charge is 0.330 e. The van der Waals surface area contributed by atoms with Crippen LogP contribution in [0.1, 0.15) is 33.6 Å². The first kappa shape index (κ1) is 17.1. The van der Waals surface area contributed by atoms with Crippen molar-refractivity contribution in [1.29, 1.82) is 0 Å². The molecule has 1 unspecified atom stereocenters. The van der Waals surface area contributed by atoms with Crippen molar-refractivity contribution in [2.45, 2.75) is 39.7 Å². The Hall–Kier alpha value is -1.26. The van der Waals surface area contributed by atoms with Gasteiger partial charge < -0.3 is 10.2 Å². The van der Waals surface area contributed by atoms with Gasteiger partial charge in [0.15, 0.2) is 0 Å². The number of carbonyl (C=O) groups is 2. The van der Waals surface area contributed by atoms with Crippen molar-refractivity contribution < 1.29 is 9.59 Å². The maximum Gasteiger partial charge on any atom is 0.247 e. The molecule has 4 nitrogen and oxygen atoms in total. The summed E-state index contributed by atoms with van der Waals surface area (Å²) >= 11 is 11.9. The molecule has 6 heteroatoms. The first-order valence-corrected chi connectivity index (χ1v) is 8.02. The van der Waals surface area contributed by atoms with Gasteiger partial charge >= 0.3 is 0 Å².